The fraction of sp³-hybridized carbons (Fsp3) is 1.00. The number of halogens is 1. The van der Waals surface area contributed by atoms with E-state index in [1.165, 1.54) is 6.42 Å². The standard InChI is InChI=1S/C6H13Br/c1-4-5(2)6(3)7/h5-6H,4H2,1-3H3. The summed E-state index contributed by atoms with van der Waals surface area (Å²) in [4.78, 5) is 0.678. The number of alkyl halides is 1. The van der Waals surface area contributed by atoms with Crippen LogP contribution in [-0.2, 0) is 0 Å². The van der Waals surface area contributed by atoms with E-state index < -0.39 is 0 Å². The van der Waals surface area contributed by atoms with Gasteiger partial charge in [0.05, 0.1) is 0 Å². The molecule has 0 N–H and O–H groups in total. The molecule has 0 rings (SSSR count). The summed E-state index contributed by atoms with van der Waals surface area (Å²) in [6.45, 7) is 6.65. The van der Waals surface area contributed by atoms with E-state index in [0.29, 0.717) is 4.83 Å². The second-order valence-electron chi connectivity index (χ2n) is 2.06. The van der Waals surface area contributed by atoms with Crippen molar-refractivity contribution in [3.05, 3.63) is 0 Å². The van der Waals surface area contributed by atoms with Gasteiger partial charge in [-0.1, -0.05) is 43.1 Å². The second kappa shape index (κ2) is 3.48. The molecule has 0 amide bonds. The summed E-state index contributed by atoms with van der Waals surface area (Å²) in [6, 6.07) is 0. The zero-order valence-electron chi connectivity index (χ0n) is 5.24. The molecule has 0 saturated heterocycles. The van der Waals surface area contributed by atoms with E-state index in [1.54, 1.807) is 0 Å². The lowest BCUT2D eigenvalue weighted by atomic mass is 10.1. The summed E-state index contributed by atoms with van der Waals surface area (Å²) >= 11 is 3.50. The number of hydrogen-bond acceptors (Lipinski definition) is 0. The zero-order valence-corrected chi connectivity index (χ0v) is 6.83. The van der Waals surface area contributed by atoms with E-state index in [4.69, 9.17) is 0 Å². The van der Waals surface area contributed by atoms with Crippen LogP contribution in [0.2, 0.25) is 0 Å². The molecular weight excluding hydrogens is 152 g/mol. The van der Waals surface area contributed by atoms with Crippen LogP contribution < -0.4 is 0 Å². The average Bonchev–Trinajstić information content (AvgIpc) is 1.65. The number of hydrogen-bond donors (Lipinski definition) is 0. The average molecular weight is 165 g/mol. The summed E-state index contributed by atoms with van der Waals surface area (Å²) < 4.78 is 0. The predicted octanol–water partition coefficient (Wildman–Crippen LogP) is 2.82. The number of rotatable bonds is 2. The third-order valence-corrected chi connectivity index (χ3v) is 2.33. The van der Waals surface area contributed by atoms with E-state index in [2.05, 4.69) is 36.7 Å². The molecule has 0 bridgehead atoms. The maximum atomic E-state index is 3.50. The Balaban J connectivity index is 3.14. The highest BCUT2D eigenvalue weighted by Gasteiger charge is 2.03. The first-order valence-electron chi connectivity index (χ1n) is 2.82. The van der Waals surface area contributed by atoms with Crippen molar-refractivity contribution < 1.29 is 0 Å². The second-order valence-corrected chi connectivity index (χ2v) is 3.51. The monoisotopic (exact) mass is 164 g/mol. The van der Waals surface area contributed by atoms with Gasteiger partial charge in [0.15, 0.2) is 0 Å². The minimum atomic E-state index is 0.678. The highest BCUT2D eigenvalue weighted by molar-refractivity contribution is 9.09. The van der Waals surface area contributed by atoms with Crippen LogP contribution in [0, 0.1) is 5.92 Å². The van der Waals surface area contributed by atoms with Gasteiger partial charge in [-0.3, -0.25) is 0 Å². The van der Waals surface area contributed by atoms with E-state index in [1.807, 2.05) is 0 Å². The fourth-order valence-electron chi connectivity index (χ4n) is 0.325. The predicted molar refractivity (Wildman–Crippen MR) is 37.8 cm³/mol. The third kappa shape index (κ3) is 3.10. The first kappa shape index (κ1) is 7.48. The van der Waals surface area contributed by atoms with E-state index in [9.17, 15) is 0 Å². The molecule has 0 heterocycles. The van der Waals surface area contributed by atoms with Gasteiger partial charge in [-0.2, -0.15) is 0 Å². The maximum absolute atomic E-state index is 3.50. The molecule has 1 heteroatoms. The van der Waals surface area contributed by atoms with Crippen LogP contribution in [0.1, 0.15) is 27.2 Å². The molecule has 7 heavy (non-hydrogen) atoms. The van der Waals surface area contributed by atoms with Crippen LogP contribution in [0.25, 0.3) is 0 Å². The van der Waals surface area contributed by atoms with Crippen molar-refractivity contribution in [2.24, 2.45) is 5.92 Å². The van der Waals surface area contributed by atoms with Gasteiger partial charge < -0.3 is 0 Å². The Hall–Kier alpha value is 0.480. The van der Waals surface area contributed by atoms with Gasteiger partial charge in [-0.05, 0) is 5.92 Å². The van der Waals surface area contributed by atoms with Gasteiger partial charge in [-0.25, -0.2) is 0 Å². The van der Waals surface area contributed by atoms with Crippen LogP contribution in [0.3, 0.4) is 0 Å². The van der Waals surface area contributed by atoms with Crippen LogP contribution in [-0.4, -0.2) is 4.83 Å². The lowest BCUT2D eigenvalue weighted by molar-refractivity contribution is 0.564. The van der Waals surface area contributed by atoms with E-state index in [-0.39, 0.29) is 0 Å². The highest BCUT2D eigenvalue weighted by atomic mass is 79.9. The first-order chi connectivity index (χ1) is 3.18. The molecule has 0 aliphatic heterocycles. The molecule has 0 aromatic heterocycles. The van der Waals surface area contributed by atoms with Crippen LogP contribution in [0.4, 0.5) is 0 Å². The molecule has 2 unspecified atom stereocenters. The van der Waals surface area contributed by atoms with Gasteiger partial charge in [0.25, 0.3) is 0 Å². The topological polar surface area (TPSA) is 0 Å². The van der Waals surface area contributed by atoms with Crippen molar-refractivity contribution in [1.29, 1.82) is 0 Å². The van der Waals surface area contributed by atoms with Gasteiger partial charge in [0.1, 0.15) is 0 Å². The Morgan fingerprint density at radius 3 is 1.86 bits per heavy atom. The summed E-state index contributed by atoms with van der Waals surface area (Å²) in [5, 5.41) is 0. The van der Waals surface area contributed by atoms with Gasteiger partial charge >= 0.3 is 0 Å². The quantitative estimate of drug-likeness (QED) is 0.552. The highest BCUT2D eigenvalue weighted by Crippen LogP contribution is 2.13. The van der Waals surface area contributed by atoms with Crippen molar-refractivity contribution >= 4 is 15.9 Å². The normalized spacial score (nSPS) is 18.9. The molecule has 0 spiro atoms. The minimum Gasteiger partial charge on any atom is -0.0891 e. The smallest absolute Gasteiger partial charge is 0.0143 e. The lowest BCUT2D eigenvalue weighted by Crippen LogP contribution is -2.03. The molecule has 0 aliphatic rings. The van der Waals surface area contributed by atoms with Gasteiger partial charge in [0, 0.05) is 4.83 Å². The van der Waals surface area contributed by atoms with Crippen molar-refractivity contribution in [3.8, 4) is 0 Å². The van der Waals surface area contributed by atoms with Gasteiger partial charge in [0.2, 0.25) is 0 Å². The van der Waals surface area contributed by atoms with Gasteiger partial charge in [-0.15, -0.1) is 0 Å². The molecule has 0 nitrogen and oxygen atoms in total. The van der Waals surface area contributed by atoms with Crippen molar-refractivity contribution in [1.82, 2.24) is 0 Å². The third-order valence-electron chi connectivity index (χ3n) is 1.43. The van der Waals surface area contributed by atoms with Crippen molar-refractivity contribution in [2.75, 3.05) is 0 Å². The van der Waals surface area contributed by atoms with Crippen molar-refractivity contribution in [3.63, 3.8) is 0 Å². The lowest BCUT2D eigenvalue weighted by Gasteiger charge is -2.08. The summed E-state index contributed by atoms with van der Waals surface area (Å²) in [7, 11) is 0. The summed E-state index contributed by atoms with van der Waals surface area (Å²) in [5.74, 6) is 0.819. The van der Waals surface area contributed by atoms with E-state index >= 15 is 0 Å². The minimum absolute atomic E-state index is 0.678. The Bertz CT molecular complexity index is 41.4. The SMILES string of the molecule is CCC(C)C(C)Br. The van der Waals surface area contributed by atoms with Crippen LogP contribution in [0.5, 0.6) is 0 Å². The summed E-state index contributed by atoms with van der Waals surface area (Å²) in [6.07, 6.45) is 1.27. The molecule has 0 fully saturated rings. The molecule has 0 radical (unpaired) electrons. The molecule has 0 aromatic rings. The van der Waals surface area contributed by atoms with Crippen molar-refractivity contribution in [2.45, 2.75) is 32.0 Å². The molecule has 0 aliphatic carbocycles. The van der Waals surface area contributed by atoms with Crippen LogP contribution >= 0.6 is 15.9 Å². The Kier molecular flexibility index (Phi) is 3.72. The first-order valence-corrected chi connectivity index (χ1v) is 3.74. The molecule has 44 valence electrons. The molecule has 2 atom stereocenters. The largest absolute Gasteiger partial charge is 0.0891 e. The maximum Gasteiger partial charge on any atom is 0.0143 e. The Morgan fingerprint density at radius 1 is 1.43 bits per heavy atom. The summed E-state index contributed by atoms with van der Waals surface area (Å²) in [5.41, 5.74) is 0. The Labute approximate surface area is 54.4 Å². The molecule has 0 aromatic carbocycles. The zero-order chi connectivity index (χ0) is 5.86. The fourth-order valence-corrected chi connectivity index (χ4v) is 0.699. The molecule has 0 saturated carbocycles. The molecular formula is C6H13Br. The Morgan fingerprint density at radius 2 is 1.86 bits per heavy atom. The van der Waals surface area contributed by atoms with Crippen LogP contribution in [0.15, 0.2) is 0 Å². The van der Waals surface area contributed by atoms with E-state index in [0.717, 1.165) is 5.92 Å².